The number of nitrogens with zero attached hydrogens (tertiary/aromatic N) is 5. The van der Waals surface area contributed by atoms with Crippen LogP contribution in [0.3, 0.4) is 0 Å². The molecular formula is C25H28N6O5. The summed E-state index contributed by atoms with van der Waals surface area (Å²) in [5.74, 6) is -1.15. The van der Waals surface area contributed by atoms with Crippen molar-refractivity contribution in [3.63, 3.8) is 0 Å². The lowest BCUT2D eigenvalue weighted by Gasteiger charge is -2.44. The van der Waals surface area contributed by atoms with Crippen LogP contribution in [-0.4, -0.2) is 79.3 Å². The average molecular weight is 493 g/mol. The molecule has 0 bridgehead atoms. The summed E-state index contributed by atoms with van der Waals surface area (Å²) >= 11 is 0. The van der Waals surface area contributed by atoms with Crippen molar-refractivity contribution in [2.75, 3.05) is 13.2 Å². The molecule has 11 nitrogen and oxygen atoms in total. The predicted octanol–water partition coefficient (Wildman–Crippen LogP) is 1.20. The Morgan fingerprint density at radius 1 is 1.19 bits per heavy atom. The fourth-order valence-electron chi connectivity index (χ4n) is 5.83. The number of aromatic nitrogens is 3. The van der Waals surface area contributed by atoms with E-state index in [2.05, 4.69) is 15.6 Å². The number of piperidine rings is 1. The summed E-state index contributed by atoms with van der Waals surface area (Å²) in [4.78, 5) is 53.4. The van der Waals surface area contributed by atoms with Crippen molar-refractivity contribution in [2.45, 2.75) is 69.7 Å². The molecule has 2 atom stereocenters. The molecule has 4 amide bonds. The van der Waals surface area contributed by atoms with Gasteiger partial charge in [0.05, 0.1) is 36.7 Å². The number of carbonyl (C=O) groups is 4. The first-order chi connectivity index (χ1) is 17.3. The van der Waals surface area contributed by atoms with Crippen molar-refractivity contribution >= 4 is 23.6 Å². The number of hydrogen-bond acceptors (Lipinski definition) is 7. The Morgan fingerprint density at radius 2 is 2.00 bits per heavy atom. The Labute approximate surface area is 207 Å². The lowest BCUT2D eigenvalue weighted by atomic mass is 9.97. The minimum atomic E-state index is -0.666. The highest BCUT2D eigenvalue weighted by Crippen LogP contribution is 2.37. The molecule has 1 aromatic heterocycles. The number of fused-ring (bicyclic) bond motifs is 1. The number of nitrogens with one attached hydrogen (secondary N) is 1. The summed E-state index contributed by atoms with van der Waals surface area (Å²) in [6.45, 7) is 3.33. The first-order valence-corrected chi connectivity index (χ1v) is 12.5. The highest BCUT2D eigenvalue weighted by atomic mass is 16.5. The zero-order valence-electron chi connectivity index (χ0n) is 20.1. The van der Waals surface area contributed by atoms with E-state index in [9.17, 15) is 19.2 Å². The average Bonchev–Trinajstić information content (AvgIpc) is 3.60. The SMILES string of the molecule is CC1COC2(CCCC2)CN1C(=O)c1cn(-c2ccc3c(c2)CN(C2CCC(=O)NC2=O)C3=O)nn1. The molecule has 3 fully saturated rings. The number of hydrogen-bond donors (Lipinski definition) is 1. The number of ether oxygens (including phenoxy) is 1. The van der Waals surface area contributed by atoms with E-state index in [0.717, 1.165) is 31.2 Å². The molecule has 1 N–H and O–H groups in total. The van der Waals surface area contributed by atoms with E-state index in [4.69, 9.17) is 4.74 Å². The first-order valence-electron chi connectivity index (χ1n) is 12.5. The molecule has 4 aliphatic rings. The minimum Gasteiger partial charge on any atom is -0.371 e. The van der Waals surface area contributed by atoms with E-state index in [-0.39, 0.29) is 48.0 Å². The van der Waals surface area contributed by atoms with Gasteiger partial charge in [-0.15, -0.1) is 5.10 Å². The van der Waals surface area contributed by atoms with Gasteiger partial charge in [0.25, 0.3) is 11.8 Å². The maximum Gasteiger partial charge on any atom is 0.276 e. The van der Waals surface area contributed by atoms with Crippen molar-refractivity contribution in [2.24, 2.45) is 0 Å². The standard InChI is InChI=1S/C25H28N6O5/c1-15-13-36-25(8-2-3-9-25)14-30(15)24(35)19-12-31(28-27-19)17-4-5-18-16(10-17)11-29(23(18)34)20-6-7-21(32)26-22(20)33/h4-5,10,12,15,20H,2-3,6-9,11,13-14H2,1H3,(H,26,32,33). The topological polar surface area (TPSA) is 127 Å². The molecule has 36 heavy (non-hydrogen) atoms. The van der Waals surface area contributed by atoms with Crippen LogP contribution < -0.4 is 5.32 Å². The number of benzene rings is 1. The number of rotatable bonds is 3. The third-order valence-electron chi connectivity index (χ3n) is 7.88. The quantitative estimate of drug-likeness (QED) is 0.638. The molecule has 188 valence electrons. The Balaban J connectivity index is 1.20. The Hall–Kier alpha value is -3.60. The first kappa shape index (κ1) is 22.8. The van der Waals surface area contributed by atoms with Crippen molar-refractivity contribution in [1.82, 2.24) is 30.1 Å². The fourth-order valence-corrected chi connectivity index (χ4v) is 5.83. The molecule has 1 aliphatic carbocycles. The molecule has 4 heterocycles. The number of morpholine rings is 1. The number of carbonyl (C=O) groups excluding carboxylic acids is 4. The van der Waals surface area contributed by atoms with Crippen LogP contribution in [-0.2, 0) is 20.9 Å². The lowest BCUT2D eigenvalue weighted by Crippen LogP contribution is -2.56. The Bertz CT molecular complexity index is 1270. The molecule has 0 radical (unpaired) electrons. The van der Waals surface area contributed by atoms with Crippen molar-refractivity contribution < 1.29 is 23.9 Å². The van der Waals surface area contributed by atoms with E-state index >= 15 is 0 Å². The van der Waals surface area contributed by atoms with Crippen molar-refractivity contribution in [3.8, 4) is 5.69 Å². The van der Waals surface area contributed by atoms with E-state index in [0.29, 0.717) is 30.8 Å². The van der Waals surface area contributed by atoms with E-state index in [1.165, 1.54) is 9.58 Å². The fraction of sp³-hybridized carbons (Fsp3) is 0.520. The van der Waals surface area contributed by atoms with Crippen LogP contribution >= 0.6 is 0 Å². The molecule has 6 rings (SSSR count). The molecule has 2 saturated heterocycles. The molecule has 11 heteroatoms. The Kier molecular flexibility index (Phi) is 5.40. The second-order valence-corrected chi connectivity index (χ2v) is 10.3. The molecule has 1 spiro atoms. The molecule has 1 saturated carbocycles. The van der Waals surface area contributed by atoms with Gasteiger partial charge < -0.3 is 14.5 Å². The van der Waals surface area contributed by atoms with E-state index in [1.54, 1.807) is 18.3 Å². The second-order valence-electron chi connectivity index (χ2n) is 10.3. The highest BCUT2D eigenvalue weighted by molar-refractivity contribution is 6.05. The summed E-state index contributed by atoms with van der Waals surface area (Å²) in [5, 5.41) is 10.6. The van der Waals surface area contributed by atoms with Crippen molar-refractivity contribution in [1.29, 1.82) is 0 Å². The van der Waals surface area contributed by atoms with Crippen LogP contribution in [0.1, 0.15) is 71.9 Å². The van der Waals surface area contributed by atoms with Crippen LogP contribution in [0.2, 0.25) is 0 Å². The summed E-state index contributed by atoms with van der Waals surface area (Å²) in [6.07, 6.45) is 6.32. The smallest absolute Gasteiger partial charge is 0.276 e. The van der Waals surface area contributed by atoms with Gasteiger partial charge in [-0.25, -0.2) is 4.68 Å². The van der Waals surface area contributed by atoms with Crippen LogP contribution in [0, 0.1) is 0 Å². The maximum absolute atomic E-state index is 13.3. The van der Waals surface area contributed by atoms with E-state index < -0.39 is 11.9 Å². The lowest BCUT2D eigenvalue weighted by molar-refractivity contribution is -0.136. The molecule has 1 aromatic carbocycles. The van der Waals surface area contributed by atoms with Gasteiger partial charge in [0, 0.05) is 18.5 Å². The third-order valence-corrected chi connectivity index (χ3v) is 7.88. The molecular weight excluding hydrogens is 464 g/mol. The van der Waals surface area contributed by atoms with Crippen LogP contribution in [0.4, 0.5) is 0 Å². The summed E-state index contributed by atoms with van der Waals surface area (Å²) in [7, 11) is 0. The van der Waals surface area contributed by atoms with Gasteiger partial charge in [0.1, 0.15) is 6.04 Å². The van der Waals surface area contributed by atoms with Gasteiger partial charge in [0.2, 0.25) is 11.8 Å². The second kappa shape index (κ2) is 8.51. The largest absolute Gasteiger partial charge is 0.371 e. The number of imide groups is 1. The van der Waals surface area contributed by atoms with Crippen molar-refractivity contribution in [3.05, 3.63) is 41.2 Å². The zero-order valence-corrected chi connectivity index (χ0v) is 20.1. The monoisotopic (exact) mass is 492 g/mol. The van der Waals surface area contributed by atoms with Gasteiger partial charge in [-0.05, 0) is 49.9 Å². The van der Waals surface area contributed by atoms with Crippen LogP contribution in [0.15, 0.2) is 24.4 Å². The summed E-state index contributed by atoms with van der Waals surface area (Å²) in [6, 6.07) is 4.57. The van der Waals surface area contributed by atoms with E-state index in [1.807, 2.05) is 17.9 Å². The molecule has 2 aromatic rings. The van der Waals surface area contributed by atoms with Gasteiger partial charge in [-0.3, -0.25) is 24.5 Å². The summed E-state index contributed by atoms with van der Waals surface area (Å²) < 4.78 is 7.67. The van der Waals surface area contributed by atoms with Gasteiger partial charge in [-0.2, -0.15) is 0 Å². The number of amides is 4. The normalized spacial score (nSPS) is 25.4. The Morgan fingerprint density at radius 3 is 2.78 bits per heavy atom. The minimum absolute atomic E-state index is 0.0434. The summed E-state index contributed by atoms with van der Waals surface area (Å²) in [5.41, 5.74) is 1.97. The molecule has 3 aliphatic heterocycles. The van der Waals surface area contributed by atoms with Crippen LogP contribution in [0.5, 0.6) is 0 Å². The molecule has 2 unspecified atom stereocenters. The van der Waals surface area contributed by atoms with Crippen LogP contribution in [0.25, 0.3) is 5.69 Å². The van der Waals surface area contributed by atoms with Gasteiger partial charge >= 0.3 is 0 Å². The zero-order chi connectivity index (χ0) is 25.0. The maximum atomic E-state index is 13.3. The third kappa shape index (κ3) is 3.78. The van der Waals surface area contributed by atoms with Gasteiger partial charge in [0.15, 0.2) is 5.69 Å². The predicted molar refractivity (Wildman–Crippen MR) is 125 cm³/mol. The highest BCUT2D eigenvalue weighted by Gasteiger charge is 2.44. The van der Waals surface area contributed by atoms with Gasteiger partial charge in [-0.1, -0.05) is 18.1 Å².